The minimum atomic E-state index is -0.523. The summed E-state index contributed by atoms with van der Waals surface area (Å²) >= 11 is 9.74. The number of aromatic nitrogens is 2. The topological polar surface area (TPSA) is 64.3 Å². The van der Waals surface area contributed by atoms with Gasteiger partial charge < -0.3 is 14.4 Å². The van der Waals surface area contributed by atoms with Crippen LogP contribution in [0.5, 0.6) is 0 Å². The van der Waals surface area contributed by atoms with Crippen LogP contribution in [0.2, 0.25) is 5.02 Å². The number of aryl methyl sites for hydroxylation is 1. The van der Waals surface area contributed by atoms with Crippen LogP contribution >= 0.6 is 27.5 Å². The minimum absolute atomic E-state index is 0.0170. The van der Waals surface area contributed by atoms with Crippen LogP contribution in [0.1, 0.15) is 40.7 Å². The number of rotatable bonds is 10. The van der Waals surface area contributed by atoms with E-state index in [1.807, 2.05) is 12.1 Å². The molecule has 5 nitrogen and oxygen atoms in total. The summed E-state index contributed by atoms with van der Waals surface area (Å²) in [5.41, 5.74) is 2.00. The molecule has 1 N–H and O–H groups in total. The van der Waals surface area contributed by atoms with Crippen molar-refractivity contribution in [3.05, 3.63) is 62.6 Å². The maximum atomic E-state index is 15.6. The highest BCUT2D eigenvalue weighted by Gasteiger charge is 2.24. The minimum Gasteiger partial charge on any atom is -0.396 e. The van der Waals surface area contributed by atoms with Gasteiger partial charge >= 0.3 is 0 Å². The fourth-order valence-corrected chi connectivity index (χ4v) is 4.31. The van der Waals surface area contributed by atoms with Crippen molar-refractivity contribution in [1.29, 1.82) is 0 Å². The van der Waals surface area contributed by atoms with Gasteiger partial charge in [-0.1, -0.05) is 33.6 Å². The lowest BCUT2D eigenvalue weighted by Crippen LogP contribution is -2.15. The van der Waals surface area contributed by atoms with Crippen molar-refractivity contribution in [2.45, 2.75) is 32.2 Å². The largest absolute Gasteiger partial charge is 0.396 e. The van der Waals surface area contributed by atoms with Gasteiger partial charge in [0.25, 0.3) is 0 Å². The molecule has 1 aliphatic rings. The Morgan fingerprint density at radius 2 is 2.16 bits per heavy atom. The summed E-state index contributed by atoms with van der Waals surface area (Å²) in [5.74, 6) is -0.252. The van der Waals surface area contributed by atoms with Crippen molar-refractivity contribution >= 4 is 44.3 Å². The fraction of sp³-hybridized carbons (Fsp3) is 0.391. The Bertz CT molecular complexity index is 1110. The Hall–Kier alpha value is -1.80. The van der Waals surface area contributed by atoms with Crippen molar-refractivity contribution in [2.24, 2.45) is 5.92 Å². The van der Waals surface area contributed by atoms with Crippen molar-refractivity contribution in [2.75, 3.05) is 19.8 Å². The smallest absolute Gasteiger partial charge is 0.188 e. The lowest BCUT2D eigenvalue weighted by Gasteiger charge is -2.14. The van der Waals surface area contributed by atoms with Gasteiger partial charge in [0, 0.05) is 40.2 Å². The number of ether oxygens (including phenoxy) is 1. The van der Waals surface area contributed by atoms with E-state index < -0.39 is 5.82 Å². The van der Waals surface area contributed by atoms with Gasteiger partial charge in [-0.05, 0) is 48.9 Å². The number of imidazole rings is 1. The molecule has 1 aromatic heterocycles. The third kappa shape index (κ3) is 5.17. The number of carbonyl (C=O) groups is 1. The van der Waals surface area contributed by atoms with Crippen LogP contribution in [0.4, 0.5) is 4.39 Å². The van der Waals surface area contributed by atoms with Crippen LogP contribution in [0.15, 0.2) is 35.1 Å². The number of benzene rings is 2. The second-order valence-corrected chi connectivity index (χ2v) is 9.22. The number of nitrogens with zero attached hydrogens (tertiary/aromatic N) is 2. The van der Waals surface area contributed by atoms with E-state index in [0.717, 1.165) is 22.9 Å². The van der Waals surface area contributed by atoms with Gasteiger partial charge in [0.15, 0.2) is 11.6 Å². The first kappa shape index (κ1) is 22.4. The SMILES string of the molecule is O=C(COCC1CC1)c1cc2c(ncn2CCCO)c(F)c1Cc1ccc(Br)cc1Cl. The predicted molar refractivity (Wildman–Crippen MR) is 121 cm³/mol. The van der Waals surface area contributed by atoms with Crippen LogP contribution in [0, 0.1) is 11.7 Å². The molecular formula is C23H23BrClFN2O3. The summed E-state index contributed by atoms with van der Waals surface area (Å²) in [5, 5.41) is 9.63. The van der Waals surface area contributed by atoms with Gasteiger partial charge in [0.2, 0.25) is 0 Å². The zero-order chi connectivity index (χ0) is 22.0. The highest BCUT2D eigenvalue weighted by Crippen LogP contribution is 2.31. The van der Waals surface area contributed by atoms with E-state index in [1.54, 1.807) is 16.7 Å². The number of hydrogen-bond donors (Lipinski definition) is 1. The molecule has 164 valence electrons. The van der Waals surface area contributed by atoms with E-state index >= 15 is 4.39 Å². The first-order valence-electron chi connectivity index (χ1n) is 10.3. The third-order valence-electron chi connectivity index (χ3n) is 5.48. The maximum Gasteiger partial charge on any atom is 0.188 e. The highest BCUT2D eigenvalue weighted by atomic mass is 79.9. The van der Waals surface area contributed by atoms with Crippen molar-refractivity contribution < 1.29 is 19.0 Å². The summed E-state index contributed by atoms with van der Waals surface area (Å²) in [6.07, 6.45) is 4.48. The van der Waals surface area contributed by atoms with Crippen LogP contribution in [0.25, 0.3) is 11.0 Å². The van der Waals surface area contributed by atoms with Gasteiger partial charge in [-0.25, -0.2) is 9.37 Å². The number of aliphatic hydroxyl groups is 1. The molecule has 0 unspecified atom stereocenters. The molecule has 8 heteroatoms. The highest BCUT2D eigenvalue weighted by molar-refractivity contribution is 9.10. The summed E-state index contributed by atoms with van der Waals surface area (Å²) < 4.78 is 23.8. The zero-order valence-corrected chi connectivity index (χ0v) is 19.3. The van der Waals surface area contributed by atoms with E-state index in [9.17, 15) is 4.79 Å². The molecule has 1 heterocycles. The van der Waals surface area contributed by atoms with Crippen molar-refractivity contribution in [3.8, 4) is 0 Å². The molecule has 0 atom stereocenters. The molecule has 0 bridgehead atoms. The predicted octanol–water partition coefficient (Wildman–Crippen LogP) is 5.17. The molecule has 2 aromatic carbocycles. The monoisotopic (exact) mass is 508 g/mol. The second kappa shape index (κ2) is 9.77. The fourth-order valence-electron chi connectivity index (χ4n) is 3.57. The van der Waals surface area contributed by atoms with Crippen LogP contribution in [-0.2, 0) is 17.7 Å². The van der Waals surface area contributed by atoms with Crippen molar-refractivity contribution in [1.82, 2.24) is 9.55 Å². The van der Waals surface area contributed by atoms with Crippen LogP contribution in [-0.4, -0.2) is 40.3 Å². The second-order valence-electron chi connectivity index (χ2n) is 7.89. The molecule has 31 heavy (non-hydrogen) atoms. The normalized spacial score (nSPS) is 13.8. The van der Waals surface area contributed by atoms with E-state index in [-0.39, 0.29) is 42.1 Å². The zero-order valence-electron chi connectivity index (χ0n) is 16.9. The Balaban J connectivity index is 1.73. The summed E-state index contributed by atoms with van der Waals surface area (Å²) in [6, 6.07) is 7.08. The molecule has 0 spiro atoms. The summed E-state index contributed by atoms with van der Waals surface area (Å²) in [4.78, 5) is 17.3. The number of fused-ring (bicyclic) bond motifs is 1. The number of Topliss-reactive ketones (excluding diaryl/α,β-unsaturated/α-hetero) is 1. The molecule has 1 aliphatic carbocycles. The molecule has 0 amide bonds. The number of ketones is 1. The molecular weight excluding hydrogens is 487 g/mol. The molecule has 3 aromatic rings. The van der Waals surface area contributed by atoms with Crippen molar-refractivity contribution in [3.63, 3.8) is 0 Å². The Labute approximate surface area is 193 Å². The van der Waals surface area contributed by atoms with E-state index in [1.165, 1.54) is 6.33 Å². The summed E-state index contributed by atoms with van der Waals surface area (Å²) in [7, 11) is 0. The Kier molecular flexibility index (Phi) is 7.06. The summed E-state index contributed by atoms with van der Waals surface area (Å²) in [6.45, 7) is 0.964. The third-order valence-corrected chi connectivity index (χ3v) is 6.33. The molecule has 0 saturated heterocycles. The molecule has 0 radical (unpaired) electrons. The van der Waals surface area contributed by atoms with Gasteiger partial charge in [-0.2, -0.15) is 0 Å². The van der Waals surface area contributed by atoms with Crippen LogP contribution < -0.4 is 0 Å². The number of carbonyl (C=O) groups excluding carboxylic acids is 1. The average molecular weight is 510 g/mol. The average Bonchev–Trinajstić information content (AvgIpc) is 3.48. The van der Waals surface area contributed by atoms with Crippen LogP contribution in [0.3, 0.4) is 0 Å². The quantitative estimate of drug-likeness (QED) is 0.383. The number of hydrogen-bond acceptors (Lipinski definition) is 4. The van der Waals surface area contributed by atoms with E-state index in [4.69, 9.17) is 21.4 Å². The van der Waals surface area contributed by atoms with E-state index in [0.29, 0.717) is 36.0 Å². The molecule has 0 aliphatic heterocycles. The maximum absolute atomic E-state index is 15.6. The van der Waals surface area contributed by atoms with Gasteiger partial charge in [-0.15, -0.1) is 0 Å². The van der Waals surface area contributed by atoms with Gasteiger partial charge in [-0.3, -0.25) is 4.79 Å². The van der Waals surface area contributed by atoms with E-state index in [2.05, 4.69) is 20.9 Å². The van der Waals surface area contributed by atoms with Gasteiger partial charge in [0.1, 0.15) is 12.1 Å². The Morgan fingerprint density at radius 1 is 1.35 bits per heavy atom. The first-order valence-corrected chi connectivity index (χ1v) is 11.5. The lowest BCUT2D eigenvalue weighted by atomic mass is 9.95. The molecule has 1 fully saturated rings. The number of aliphatic hydroxyl groups excluding tert-OH is 1. The standard InChI is InChI=1S/C23H23BrClFN2O3/c24-16-5-4-15(19(25)9-16)8-18-17(21(30)12-31-11-14-2-3-14)10-20-23(22(18)26)27-13-28(20)6-1-7-29/h4-5,9-10,13-14,29H,1-3,6-8,11-12H2. The number of halogens is 3. The lowest BCUT2D eigenvalue weighted by molar-refractivity contribution is 0.0738. The van der Waals surface area contributed by atoms with Gasteiger partial charge in [0.05, 0.1) is 18.5 Å². The molecule has 1 saturated carbocycles. The first-order chi connectivity index (χ1) is 15.0. The Morgan fingerprint density at radius 3 is 2.87 bits per heavy atom. The molecule has 4 rings (SSSR count).